The molecule has 7 heteroatoms. The highest BCUT2D eigenvalue weighted by Gasteiger charge is 2.13. The van der Waals surface area contributed by atoms with Crippen LogP contribution in [0.3, 0.4) is 0 Å². The summed E-state index contributed by atoms with van der Waals surface area (Å²) in [5.41, 5.74) is 2.52. The molecule has 0 bridgehead atoms. The minimum Gasteiger partial charge on any atom is -0.357 e. The predicted molar refractivity (Wildman–Crippen MR) is 128 cm³/mol. The van der Waals surface area contributed by atoms with Gasteiger partial charge in [-0.05, 0) is 24.5 Å². The lowest BCUT2D eigenvalue weighted by Gasteiger charge is -2.17. The molecule has 0 aliphatic carbocycles. The monoisotopic (exact) mass is 515 g/mol. The van der Waals surface area contributed by atoms with Crippen LogP contribution in [0.5, 0.6) is 0 Å². The van der Waals surface area contributed by atoms with Crippen LogP contribution in [0.4, 0.5) is 0 Å². The Morgan fingerprint density at radius 2 is 1.61 bits per heavy atom. The summed E-state index contributed by atoms with van der Waals surface area (Å²) < 4.78 is 22.6. The summed E-state index contributed by atoms with van der Waals surface area (Å²) in [6.07, 6.45) is 2.14. The Hall–Kier alpha value is -1.61. The SMILES string of the molecule is CCNC(=NCC(Cc1ccccc1)c1ccccc1)NCCS(C)(=O)=O.I. The molecule has 1 atom stereocenters. The first-order valence-corrected chi connectivity index (χ1v) is 11.3. The molecule has 5 nitrogen and oxygen atoms in total. The lowest BCUT2D eigenvalue weighted by molar-refractivity contribution is 0.600. The van der Waals surface area contributed by atoms with Crippen LogP contribution in [0.1, 0.15) is 24.0 Å². The van der Waals surface area contributed by atoms with Crippen molar-refractivity contribution in [2.24, 2.45) is 4.99 Å². The highest BCUT2D eigenvalue weighted by Crippen LogP contribution is 2.21. The van der Waals surface area contributed by atoms with Crippen molar-refractivity contribution in [2.75, 3.05) is 31.6 Å². The van der Waals surface area contributed by atoms with E-state index >= 15 is 0 Å². The Morgan fingerprint density at radius 3 is 2.18 bits per heavy atom. The summed E-state index contributed by atoms with van der Waals surface area (Å²) in [5.74, 6) is 0.984. The third-order valence-electron chi connectivity index (χ3n) is 4.18. The van der Waals surface area contributed by atoms with E-state index in [0.29, 0.717) is 19.0 Å². The van der Waals surface area contributed by atoms with Gasteiger partial charge in [-0.15, -0.1) is 24.0 Å². The summed E-state index contributed by atoms with van der Waals surface area (Å²) in [7, 11) is -2.99. The zero-order valence-electron chi connectivity index (χ0n) is 16.5. The summed E-state index contributed by atoms with van der Waals surface area (Å²) in [5, 5.41) is 6.29. The topological polar surface area (TPSA) is 70.6 Å². The molecule has 0 aromatic heterocycles. The smallest absolute Gasteiger partial charge is 0.191 e. The minimum absolute atomic E-state index is 0. The van der Waals surface area contributed by atoms with Gasteiger partial charge in [-0.1, -0.05) is 60.7 Å². The average Bonchev–Trinajstić information content (AvgIpc) is 2.65. The van der Waals surface area contributed by atoms with Crippen molar-refractivity contribution in [1.29, 1.82) is 0 Å². The Morgan fingerprint density at radius 1 is 1.00 bits per heavy atom. The molecule has 0 fully saturated rings. The molecule has 2 aromatic carbocycles. The number of hydrogen-bond acceptors (Lipinski definition) is 3. The van der Waals surface area contributed by atoms with Gasteiger partial charge in [-0.2, -0.15) is 0 Å². The maximum atomic E-state index is 11.3. The molecule has 154 valence electrons. The predicted octanol–water partition coefficient (Wildman–Crippen LogP) is 3.23. The molecule has 0 spiro atoms. The van der Waals surface area contributed by atoms with Crippen molar-refractivity contribution in [2.45, 2.75) is 19.3 Å². The molecule has 2 aromatic rings. The Kier molecular flexibility index (Phi) is 11.1. The van der Waals surface area contributed by atoms with Gasteiger partial charge in [0.25, 0.3) is 0 Å². The highest BCUT2D eigenvalue weighted by molar-refractivity contribution is 14.0. The van der Waals surface area contributed by atoms with Crippen LogP contribution in [-0.2, 0) is 16.3 Å². The first-order chi connectivity index (χ1) is 13.0. The fraction of sp³-hybridized carbons (Fsp3) is 0.381. The number of sulfone groups is 1. The maximum Gasteiger partial charge on any atom is 0.191 e. The van der Waals surface area contributed by atoms with Crippen LogP contribution in [0.15, 0.2) is 65.7 Å². The van der Waals surface area contributed by atoms with Gasteiger partial charge in [-0.3, -0.25) is 4.99 Å². The standard InChI is InChI=1S/C21H29N3O2S.HI/c1-3-22-21(23-14-15-27(2,25)26)24-17-20(19-12-8-5-9-13-19)16-18-10-6-4-7-11-18;/h4-13,20H,3,14-17H2,1-2H3,(H2,22,23,24);1H. The Labute approximate surface area is 186 Å². The average molecular weight is 515 g/mol. The van der Waals surface area contributed by atoms with Gasteiger partial charge in [0.1, 0.15) is 9.84 Å². The van der Waals surface area contributed by atoms with E-state index in [-0.39, 0.29) is 35.6 Å². The van der Waals surface area contributed by atoms with Crippen LogP contribution in [0.2, 0.25) is 0 Å². The van der Waals surface area contributed by atoms with Crippen LogP contribution in [0, 0.1) is 0 Å². The van der Waals surface area contributed by atoms with Crippen molar-refractivity contribution < 1.29 is 8.42 Å². The largest absolute Gasteiger partial charge is 0.357 e. The molecular weight excluding hydrogens is 485 g/mol. The molecule has 0 aliphatic rings. The second-order valence-corrected chi connectivity index (χ2v) is 8.83. The second kappa shape index (κ2) is 12.8. The lowest BCUT2D eigenvalue weighted by atomic mass is 9.92. The number of aliphatic imine (C=N–C) groups is 1. The van der Waals surface area contributed by atoms with Gasteiger partial charge in [0.05, 0.1) is 5.75 Å². The van der Waals surface area contributed by atoms with Crippen LogP contribution in [-0.4, -0.2) is 46.0 Å². The molecule has 0 radical (unpaired) electrons. The van der Waals surface area contributed by atoms with Crippen molar-refractivity contribution in [3.8, 4) is 0 Å². The van der Waals surface area contributed by atoms with E-state index in [2.05, 4.69) is 47.0 Å². The van der Waals surface area contributed by atoms with E-state index in [1.165, 1.54) is 17.4 Å². The number of guanidine groups is 1. The molecule has 2 N–H and O–H groups in total. The lowest BCUT2D eigenvalue weighted by Crippen LogP contribution is -2.39. The molecule has 0 saturated carbocycles. The zero-order valence-corrected chi connectivity index (χ0v) is 19.6. The van der Waals surface area contributed by atoms with Crippen molar-refractivity contribution >= 4 is 39.8 Å². The molecule has 0 saturated heterocycles. The van der Waals surface area contributed by atoms with Gasteiger partial charge >= 0.3 is 0 Å². The summed E-state index contributed by atoms with van der Waals surface area (Å²) in [6, 6.07) is 20.8. The van der Waals surface area contributed by atoms with Gasteiger partial charge in [0.15, 0.2) is 5.96 Å². The summed E-state index contributed by atoms with van der Waals surface area (Å²) in [4.78, 5) is 4.71. The maximum absolute atomic E-state index is 11.3. The molecule has 0 amide bonds. The van der Waals surface area contributed by atoms with Crippen molar-refractivity contribution in [3.05, 3.63) is 71.8 Å². The van der Waals surface area contributed by atoms with Gasteiger partial charge in [-0.25, -0.2) is 8.42 Å². The summed E-state index contributed by atoms with van der Waals surface area (Å²) in [6.45, 7) is 3.68. The molecule has 2 rings (SSSR count). The molecule has 28 heavy (non-hydrogen) atoms. The van der Waals surface area contributed by atoms with E-state index < -0.39 is 9.84 Å². The summed E-state index contributed by atoms with van der Waals surface area (Å²) >= 11 is 0. The van der Waals surface area contributed by atoms with E-state index in [9.17, 15) is 8.42 Å². The highest BCUT2D eigenvalue weighted by atomic mass is 127. The molecule has 1 unspecified atom stereocenters. The fourth-order valence-electron chi connectivity index (χ4n) is 2.81. The van der Waals surface area contributed by atoms with E-state index in [4.69, 9.17) is 4.99 Å². The third-order valence-corrected chi connectivity index (χ3v) is 5.12. The first kappa shape index (κ1) is 24.4. The van der Waals surface area contributed by atoms with Crippen molar-refractivity contribution in [1.82, 2.24) is 10.6 Å². The van der Waals surface area contributed by atoms with Gasteiger partial charge < -0.3 is 10.6 Å². The van der Waals surface area contributed by atoms with Crippen LogP contribution < -0.4 is 10.6 Å². The Balaban J connectivity index is 0.00000392. The molecular formula is C21H30IN3O2S. The molecule has 0 heterocycles. The van der Waals surface area contributed by atoms with E-state index in [1.54, 1.807) is 0 Å². The minimum atomic E-state index is -2.99. The fourth-order valence-corrected chi connectivity index (χ4v) is 3.28. The van der Waals surface area contributed by atoms with E-state index in [0.717, 1.165) is 13.0 Å². The first-order valence-electron chi connectivity index (χ1n) is 9.26. The third kappa shape index (κ3) is 9.54. The normalized spacial score (nSPS) is 12.7. The number of nitrogens with zero attached hydrogens (tertiary/aromatic N) is 1. The number of benzene rings is 2. The van der Waals surface area contributed by atoms with Crippen molar-refractivity contribution in [3.63, 3.8) is 0 Å². The zero-order chi connectivity index (χ0) is 19.5. The van der Waals surface area contributed by atoms with Crippen LogP contribution >= 0.6 is 24.0 Å². The number of rotatable bonds is 9. The van der Waals surface area contributed by atoms with Gasteiger partial charge in [0, 0.05) is 31.8 Å². The molecule has 0 aliphatic heterocycles. The number of hydrogen-bond donors (Lipinski definition) is 2. The number of nitrogens with one attached hydrogen (secondary N) is 2. The quantitative estimate of drug-likeness (QED) is 0.306. The number of halogens is 1. The Bertz CT molecular complexity index is 812. The van der Waals surface area contributed by atoms with E-state index in [1.807, 2.05) is 31.2 Å². The van der Waals surface area contributed by atoms with Gasteiger partial charge in [0.2, 0.25) is 0 Å². The second-order valence-electron chi connectivity index (χ2n) is 6.57. The van der Waals surface area contributed by atoms with Crippen LogP contribution in [0.25, 0.3) is 0 Å².